The Morgan fingerprint density at radius 3 is 2.16 bits per heavy atom. The Labute approximate surface area is 190 Å². The van der Waals surface area contributed by atoms with Gasteiger partial charge >= 0.3 is 0 Å². The molecular formula is C26H32N4O2. The Bertz CT molecular complexity index is 980. The van der Waals surface area contributed by atoms with Crippen LogP contribution in [-0.2, 0) is 4.79 Å². The van der Waals surface area contributed by atoms with E-state index in [1.54, 1.807) is 24.3 Å². The summed E-state index contributed by atoms with van der Waals surface area (Å²) in [5.74, 6) is -0.212. The highest BCUT2D eigenvalue weighted by Crippen LogP contribution is 2.24. The number of nitrogens with zero attached hydrogens (tertiary/aromatic N) is 2. The van der Waals surface area contributed by atoms with Crippen LogP contribution in [0.3, 0.4) is 0 Å². The summed E-state index contributed by atoms with van der Waals surface area (Å²) in [4.78, 5) is 29.6. The van der Waals surface area contributed by atoms with E-state index in [-0.39, 0.29) is 11.8 Å². The van der Waals surface area contributed by atoms with E-state index in [1.807, 2.05) is 18.2 Å². The van der Waals surface area contributed by atoms with Crippen LogP contribution >= 0.6 is 0 Å². The molecule has 32 heavy (non-hydrogen) atoms. The second-order valence-electron chi connectivity index (χ2n) is 8.86. The molecule has 1 aliphatic carbocycles. The van der Waals surface area contributed by atoms with E-state index in [1.165, 1.54) is 12.1 Å². The lowest BCUT2D eigenvalue weighted by molar-refractivity contribution is -0.113. The van der Waals surface area contributed by atoms with Crippen LogP contribution in [-0.4, -0.2) is 49.9 Å². The van der Waals surface area contributed by atoms with Crippen LogP contribution in [0.5, 0.6) is 0 Å². The van der Waals surface area contributed by atoms with Gasteiger partial charge in [0.15, 0.2) is 0 Å². The third-order valence-electron chi connectivity index (χ3n) is 6.37. The predicted molar refractivity (Wildman–Crippen MR) is 130 cm³/mol. The van der Waals surface area contributed by atoms with Crippen molar-refractivity contribution in [3.8, 4) is 0 Å². The van der Waals surface area contributed by atoms with Gasteiger partial charge in [-0.05, 0) is 94.7 Å². The van der Waals surface area contributed by atoms with E-state index in [0.717, 1.165) is 50.0 Å². The van der Waals surface area contributed by atoms with Gasteiger partial charge in [-0.3, -0.25) is 9.59 Å². The Morgan fingerprint density at radius 1 is 0.906 bits per heavy atom. The van der Waals surface area contributed by atoms with E-state index in [0.29, 0.717) is 17.3 Å². The summed E-state index contributed by atoms with van der Waals surface area (Å²) >= 11 is 0. The maximum Gasteiger partial charge on any atom is 0.255 e. The largest absolute Gasteiger partial charge is 0.370 e. The Kier molecular flexibility index (Phi) is 6.90. The third kappa shape index (κ3) is 5.37. The number of nitrogens with one attached hydrogen (secondary N) is 2. The minimum atomic E-state index is -0.167. The summed E-state index contributed by atoms with van der Waals surface area (Å²) in [5.41, 5.74) is 4.05. The SMILES string of the molecule is CN(C)C1CCN(c2ccc(NC(=O)c3ccc(NC(=O)C4=CCCCC4)cc3)cc2)C1. The fourth-order valence-corrected chi connectivity index (χ4v) is 4.32. The maximum absolute atomic E-state index is 12.6. The van der Waals surface area contributed by atoms with Crippen molar-refractivity contribution in [2.24, 2.45) is 0 Å². The molecule has 1 saturated heterocycles. The summed E-state index contributed by atoms with van der Waals surface area (Å²) in [6, 6.07) is 15.6. The van der Waals surface area contributed by atoms with Crippen LogP contribution in [0.25, 0.3) is 0 Å². The first-order valence-electron chi connectivity index (χ1n) is 11.4. The smallest absolute Gasteiger partial charge is 0.255 e. The lowest BCUT2D eigenvalue weighted by Crippen LogP contribution is -2.31. The molecule has 0 saturated carbocycles. The van der Waals surface area contributed by atoms with Gasteiger partial charge in [-0.2, -0.15) is 0 Å². The average Bonchev–Trinajstić information content (AvgIpc) is 3.31. The number of benzene rings is 2. The molecule has 1 atom stereocenters. The third-order valence-corrected chi connectivity index (χ3v) is 6.37. The van der Waals surface area contributed by atoms with Crippen LogP contribution in [0.2, 0.25) is 0 Å². The Morgan fingerprint density at radius 2 is 1.56 bits per heavy atom. The number of hydrogen-bond acceptors (Lipinski definition) is 4. The van der Waals surface area contributed by atoms with Gasteiger partial charge in [-0.25, -0.2) is 0 Å². The van der Waals surface area contributed by atoms with Crippen molar-refractivity contribution in [2.75, 3.05) is 42.7 Å². The van der Waals surface area contributed by atoms with E-state index < -0.39 is 0 Å². The molecule has 2 aromatic carbocycles. The molecule has 6 nitrogen and oxygen atoms in total. The van der Waals surface area contributed by atoms with Crippen LogP contribution < -0.4 is 15.5 Å². The van der Waals surface area contributed by atoms with Crippen molar-refractivity contribution in [1.82, 2.24) is 4.90 Å². The summed E-state index contributed by atoms with van der Waals surface area (Å²) < 4.78 is 0. The van der Waals surface area contributed by atoms with Gasteiger partial charge < -0.3 is 20.4 Å². The zero-order valence-corrected chi connectivity index (χ0v) is 18.9. The van der Waals surface area contributed by atoms with Crippen molar-refractivity contribution in [3.05, 3.63) is 65.7 Å². The van der Waals surface area contributed by atoms with Crippen LogP contribution in [0.1, 0.15) is 42.5 Å². The topological polar surface area (TPSA) is 64.7 Å². The molecule has 2 aliphatic rings. The fourth-order valence-electron chi connectivity index (χ4n) is 4.32. The van der Waals surface area contributed by atoms with Crippen LogP contribution in [0.15, 0.2) is 60.2 Å². The molecule has 2 N–H and O–H groups in total. The summed E-state index contributed by atoms with van der Waals surface area (Å²) in [6.45, 7) is 2.08. The molecule has 0 radical (unpaired) electrons. The number of allylic oxidation sites excluding steroid dienone is 1. The number of likely N-dealkylation sites (N-methyl/N-ethyl adjacent to an activating group) is 1. The van der Waals surface area contributed by atoms with Crippen molar-refractivity contribution in [3.63, 3.8) is 0 Å². The lowest BCUT2D eigenvalue weighted by Gasteiger charge is -2.22. The van der Waals surface area contributed by atoms with Gasteiger partial charge in [0.25, 0.3) is 11.8 Å². The highest BCUT2D eigenvalue weighted by atomic mass is 16.2. The molecule has 1 heterocycles. The summed E-state index contributed by atoms with van der Waals surface area (Å²) in [7, 11) is 4.25. The molecule has 2 aromatic rings. The predicted octanol–water partition coefficient (Wildman–Crippen LogP) is 4.52. The normalized spacial score (nSPS) is 18.4. The first kappa shape index (κ1) is 22.1. The van der Waals surface area contributed by atoms with E-state index in [2.05, 4.69) is 46.7 Å². The number of hydrogen-bond donors (Lipinski definition) is 2. The van der Waals surface area contributed by atoms with Gasteiger partial charge in [0.1, 0.15) is 0 Å². The quantitative estimate of drug-likeness (QED) is 0.705. The molecular weight excluding hydrogens is 400 g/mol. The van der Waals surface area contributed by atoms with Gasteiger partial charge in [0.2, 0.25) is 0 Å². The highest BCUT2D eigenvalue weighted by Gasteiger charge is 2.24. The van der Waals surface area contributed by atoms with E-state index >= 15 is 0 Å². The average molecular weight is 433 g/mol. The van der Waals surface area contributed by atoms with E-state index in [4.69, 9.17) is 0 Å². The maximum atomic E-state index is 12.6. The van der Waals surface area contributed by atoms with Gasteiger partial charge in [-0.15, -0.1) is 0 Å². The molecule has 0 bridgehead atoms. The Hall–Kier alpha value is -3.12. The fraction of sp³-hybridized carbons (Fsp3) is 0.385. The lowest BCUT2D eigenvalue weighted by atomic mass is 9.99. The number of carbonyl (C=O) groups excluding carboxylic acids is 2. The van der Waals surface area contributed by atoms with Crippen molar-refractivity contribution in [1.29, 1.82) is 0 Å². The van der Waals surface area contributed by atoms with E-state index in [9.17, 15) is 9.59 Å². The Balaban J connectivity index is 1.32. The monoisotopic (exact) mass is 432 g/mol. The van der Waals surface area contributed by atoms with Gasteiger partial charge in [0.05, 0.1) is 0 Å². The van der Waals surface area contributed by atoms with Crippen LogP contribution in [0.4, 0.5) is 17.1 Å². The molecule has 4 rings (SSSR count). The van der Waals surface area contributed by atoms with Gasteiger partial charge in [0, 0.05) is 47.3 Å². The summed E-state index contributed by atoms with van der Waals surface area (Å²) in [5, 5.41) is 5.88. The molecule has 0 spiro atoms. The molecule has 1 unspecified atom stereocenters. The molecule has 1 fully saturated rings. The zero-order chi connectivity index (χ0) is 22.5. The first-order chi connectivity index (χ1) is 15.5. The molecule has 0 aromatic heterocycles. The summed E-state index contributed by atoms with van der Waals surface area (Å²) in [6.07, 6.45) is 7.21. The number of anilines is 3. The molecule has 1 aliphatic heterocycles. The first-order valence-corrected chi connectivity index (χ1v) is 11.4. The standard InChI is InChI=1S/C26H32N4O2/c1-29(2)24-16-17-30(18-24)23-14-12-22(13-15-23)28-26(32)20-8-10-21(11-9-20)27-25(31)19-6-4-3-5-7-19/h6,8-15,24H,3-5,7,16-18H2,1-2H3,(H,27,31)(H,28,32). The van der Waals surface area contributed by atoms with Crippen molar-refractivity contribution in [2.45, 2.75) is 38.1 Å². The molecule has 168 valence electrons. The van der Waals surface area contributed by atoms with Crippen molar-refractivity contribution < 1.29 is 9.59 Å². The number of amides is 2. The zero-order valence-electron chi connectivity index (χ0n) is 18.9. The highest BCUT2D eigenvalue weighted by molar-refractivity contribution is 6.06. The van der Waals surface area contributed by atoms with Crippen molar-refractivity contribution >= 4 is 28.9 Å². The minimum absolute atomic E-state index is 0.0445. The van der Waals surface area contributed by atoms with Gasteiger partial charge in [-0.1, -0.05) is 6.08 Å². The second kappa shape index (κ2) is 10.0. The molecule has 6 heteroatoms. The van der Waals surface area contributed by atoms with Crippen LogP contribution in [0, 0.1) is 0 Å². The second-order valence-corrected chi connectivity index (χ2v) is 8.86. The minimum Gasteiger partial charge on any atom is -0.370 e. The number of rotatable bonds is 6. The number of carbonyl (C=O) groups is 2. The molecule has 2 amide bonds.